The quantitative estimate of drug-likeness (QED) is 0.589. The van der Waals surface area contributed by atoms with Gasteiger partial charge in [-0.1, -0.05) is 6.07 Å². The molecule has 2 aliphatic heterocycles. The van der Waals surface area contributed by atoms with Gasteiger partial charge in [0.15, 0.2) is 5.76 Å². The van der Waals surface area contributed by atoms with Crippen molar-refractivity contribution in [1.29, 1.82) is 5.26 Å². The highest BCUT2D eigenvalue weighted by atomic mass is 16.5. The number of hydrogen-bond donors (Lipinski definition) is 0. The van der Waals surface area contributed by atoms with E-state index in [1.54, 1.807) is 40.1 Å². The topological polar surface area (TPSA) is 99.2 Å². The van der Waals surface area contributed by atoms with Crippen LogP contribution in [0.3, 0.4) is 0 Å². The molecule has 9 heteroatoms. The molecule has 2 saturated heterocycles. The fourth-order valence-electron chi connectivity index (χ4n) is 4.17. The van der Waals surface area contributed by atoms with Gasteiger partial charge in [0.2, 0.25) is 5.91 Å². The summed E-state index contributed by atoms with van der Waals surface area (Å²) in [7, 11) is 0. The van der Waals surface area contributed by atoms with Crippen LogP contribution >= 0.6 is 0 Å². The third-order valence-corrected chi connectivity index (χ3v) is 5.92. The number of carbonyl (C=O) groups excluding carboxylic acids is 2. The molecule has 1 atom stereocenters. The molecule has 4 rings (SSSR count). The van der Waals surface area contributed by atoms with Crippen LogP contribution in [0.4, 0.5) is 0 Å². The van der Waals surface area contributed by atoms with E-state index in [0.29, 0.717) is 63.9 Å². The van der Waals surface area contributed by atoms with Crippen molar-refractivity contribution >= 4 is 11.8 Å². The van der Waals surface area contributed by atoms with E-state index in [1.807, 2.05) is 6.07 Å². The van der Waals surface area contributed by atoms with Crippen LogP contribution in [-0.2, 0) is 9.53 Å². The first-order chi connectivity index (χ1) is 16.2. The highest BCUT2D eigenvalue weighted by Gasteiger charge is 2.38. The monoisotopic (exact) mass is 452 g/mol. The van der Waals surface area contributed by atoms with E-state index >= 15 is 0 Å². The van der Waals surface area contributed by atoms with Gasteiger partial charge in [-0.2, -0.15) is 5.26 Å². The minimum atomic E-state index is -0.567. The SMILES string of the molecule is N#Cc1cccc(OCCCN2CCN(C(=O)c3ccco3)C(C(=O)N3CCOCC3)C2)c1. The van der Waals surface area contributed by atoms with E-state index < -0.39 is 6.04 Å². The lowest BCUT2D eigenvalue weighted by Crippen LogP contribution is -2.62. The van der Waals surface area contributed by atoms with E-state index in [0.717, 1.165) is 13.0 Å². The molecule has 174 valence electrons. The lowest BCUT2D eigenvalue weighted by molar-refractivity contribution is -0.142. The van der Waals surface area contributed by atoms with Gasteiger partial charge in [-0.3, -0.25) is 14.5 Å². The number of hydrogen-bond acceptors (Lipinski definition) is 7. The fourth-order valence-corrected chi connectivity index (χ4v) is 4.17. The number of benzene rings is 1. The summed E-state index contributed by atoms with van der Waals surface area (Å²) in [6.07, 6.45) is 2.23. The van der Waals surface area contributed by atoms with E-state index in [1.165, 1.54) is 6.26 Å². The molecule has 1 unspecified atom stereocenters. The zero-order valence-corrected chi connectivity index (χ0v) is 18.5. The molecular formula is C24H28N4O5. The second kappa shape index (κ2) is 11.0. The van der Waals surface area contributed by atoms with E-state index in [4.69, 9.17) is 19.2 Å². The number of ether oxygens (including phenoxy) is 2. The van der Waals surface area contributed by atoms with Crippen LogP contribution in [0.15, 0.2) is 47.1 Å². The van der Waals surface area contributed by atoms with Gasteiger partial charge in [0.05, 0.1) is 37.7 Å². The number of nitrogens with zero attached hydrogens (tertiary/aromatic N) is 4. The number of nitriles is 1. The average Bonchev–Trinajstić information content (AvgIpc) is 3.41. The standard InChI is InChI=1S/C24H28N4O5/c25-17-19-4-1-5-20(16-19)32-13-3-7-26-8-9-28(24(30)22-6-2-12-33-22)21(18-26)23(29)27-10-14-31-15-11-27/h1-2,4-6,12,16,21H,3,7-11,13-15,18H2. The Labute approximate surface area is 193 Å². The Morgan fingerprint density at radius 3 is 2.73 bits per heavy atom. The number of furan rings is 1. The molecule has 2 aliphatic rings. The maximum absolute atomic E-state index is 13.3. The van der Waals surface area contributed by atoms with Crippen LogP contribution < -0.4 is 4.74 Å². The van der Waals surface area contributed by atoms with Crippen molar-refractivity contribution in [1.82, 2.24) is 14.7 Å². The van der Waals surface area contributed by atoms with E-state index in [9.17, 15) is 9.59 Å². The molecule has 2 amide bonds. The van der Waals surface area contributed by atoms with Crippen LogP contribution in [0.25, 0.3) is 0 Å². The number of morpholine rings is 1. The first-order valence-electron chi connectivity index (χ1n) is 11.2. The molecule has 1 aromatic heterocycles. The van der Waals surface area contributed by atoms with Gasteiger partial charge in [0, 0.05) is 39.3 Å². The van der Waals surface area contributed by atoms with Crippen LogP contribution in [0.5, 0.6) is 5.75 Å². The zero-order chi connectivity index (χ0) is 23.0. The van der Waals surface area contributed by atoms with Gasteiger partial charge in [-0.15, -0.1) is 0 Å². The molecular weight excluding hydrogens is 424 g/mol. The minimum Gasteiger partial charge on any atom is -0.494 e. The van der Waals surface area contributed by atoms with Crippen LogP contribution in [0, 0.1) is 11.3 Å². The lowest BCUT2D eigenvalue weighted by atomic mass is 10.1. The number of piperazine rings is 1. The first kappa shape index (κ1) is 22.8. The van der Waals surface area contributed by atoms with Gasteiger partial charge >= 0.3 is 0 Å². The van der Waals surface area contributed by atoms with Crippen molar-refractivity contribution in [2.45, 2.75) is 12.5 Å². The summed E-state index contributed by atoms with van der Waals surface area (Å²) in [5, 5.41) is 9.00. The Hall–Kier alpha value is -3.35. The van der Waals surface area contributed by atoms with Gasteiger partial charge in [0.25, 0.3) is 5.91 Å². The molecule has 0 aliphatic carbocycles. The molecule has 3 heterocycles. The van der Waals surface area contributed by atoms with Crippen molar-refractivity contribution in [2.75, 3.05) is 59.1 Å². The second-order valence-corrected chi connectivity index (χ2v) is 8.07. The maximum Gasteiger partial charge on any atom is 0.290 e. The summed E-state index contributed by atoms with van der Waals surface area (Å²) in [6, 6.07) is 11.9. The third-order valence-electron chi connectivity index (χ3n) is 5.92. The number of rotatable bonds is 7. The normalized spacial score (nSPS) is 19.2. The van der Waals surface area contributed by atoms with Crippen LogP contribution in [-0.4, -0.2) is 91.6 Å². The largest absolute Gasteiger partial charge is 0.494 e. The Bertz CT molecular complexity index is 981. The molecule has 0 saturated carbocycles. The highest BCUT2D eigenvalue weighted by Crippen LogP contribution is 2.18. The Morgan fingerprint density at radius 1 is 1.12 bits per heavy atom. The molecule has 2 aromatic rings. The first-order valence-corrected chi connectivity index (χ1v) is 11.2. The Kier molecular flexibility index (Phi) is 7.60. The van der Waals surface area contributed by atoms with E-state index in [-0.39, 0.29) is 17.6 Å². The van der Waals surface area contributed by atoms with Crippen molar-refractivity contribution in [3.8, 4) is 11.8 Å². The molecule has 0 N–H and O–H groups in total. The molecule has 0 bridgehead atoms. The lowest BCUT2D eigenvalue weighted by Gasteiger charge is -2.42. The predicted molar refractivity (Wildman–Crippen MR) is 119 cm³/mol. The molecule has 0 radical (unpaired) electrons. The summed E-state index contributed by atoms with van der Waals surface area (Å²) in [6.45, 7) is 4.93. The fraction of sp³-hybridized carbons (Fsp3) is 0.458. The minimum absolute atomic E-state index is 0.0486. The molecule has 33 heavy (non-hydrogen) atoms. The number of carbonyl (C=O) groups is 2. The highest BCUT2D eigenvalue weighted by molar-refractivity contribution is 5.95. The maximum atomic E-state index is 13.3. The number of amides is 2. The summed E-state index contributed by atoms with van der Waals surface area (Å²) in [4.78, 5) is 32.0. The van der Waals surface area contributed by atoms with Crippen molar-refractivity contribution in [3.63, 3.8) is 0 Å². The zero-order valence-electron chi connectivity index (χ0n) is 18.5. The van der Waals surface area contributed by atoms with Crippen molar-refractivity contribution in [3.05, 3.63) is 54.0 Å². The van der Waals surface area contributed by atoms with Gasteiger partial charge in [0.1, 0.15) is 11.8 Å². The van der Waals surface area contributed by atoms with Gasteiger partial charge in [-0.05, 0) is 36.8 Å². The Morgan fingerprint density at radius 2 is 1.97 bits per heavy atom. The third kappa shape index (κ3) is 5.72. The smallest absolute Gasteiger partial charge is 0.290 e. The Balaban J connectivity index is 1.35. The predicted octanol–water partition coefficient (Wildman–Crippen LogP) is 1.61. The average molecular weight is 453 g/mol. The van der Waals surface area contributed by atoms with Crippen molar-refractivity contribution < 1.29 is 23.5 Å². The van der Waals surface area contributed by atoms with Gasteiger partial charge < -0.3 is 23.7 Å². The summed E-state index contributed by atoms with van der Waals surface area (Å²) in [5.74, 6) is 0.610. The van der Waals surface area contributed by atoms with Gasteiger partial charge in [-0.25, -0.2) is 0 Å². The molecule has 9 nitrogen and oxygen atoms in total. The van der Waals surface area contributed by atoms with E-state index in [2.05, 4.69) is 11.0 Å². The molecule has 2 fully saturated rings. The van der Waals surface area contributed by atoms with Crippen LogP contribution in [0.1, 0.15) is 22.5 Å². The second-order valence-electron chi connectivity index (χ2n) is 8.07. The summed E-state index contributed by atoms with van der Waals surface area (Å²) < 4.78 is 16.5. The van der Waals surface area contributed by atoms with Crippen molar-refractivity contribution in [2.24, 2.45) is 0 Å². The van der Waals surface area contributed by atoms with Crippen LogP contribution in [0.2, 0.25) is 0 Å². The summed E-state index contributed by atoms with van der Waals surface area (Å²) >= 11 is 0. The summed E-state index contributed by atoms with van der Waals surface area (Å²) in [5.41, 5.74) is 0.564. The molecule has 0 spiro atoms. The molecule has 1 aromatic carbocycles.